The quantitative estimate of drug-likeness (QED) is 0.822. The maximum Gasteiger partial charge on any atom is 0.315 e. The molecule has 0 aromatic heterocycles. The zero-order valence-corrected chi connectivity index (χ0v) is 15.8. The molecule has 0 unspecified atom stereocenters. The Morgan fingerprint density at radius 2 is 1.77 bits per heavy atom. The van der Waals surface area contributed by atoms with E-state index in [1.54, 1.807) is 11.8 Å². The molecule has 6 heteroatoms. The zero-order chi connectivity index (χ0) is 18.5. The van der Waals surface area contributed by atoms with Gasteiger partial charge in [0.15, 0.2) is 0 Å². The summed E-state index contributed by atoms with van der Waals surface area (Å²) in [6, 6.07) is 8.37. The zero-order valence-electron chi connectivity index (χ0n) is 15.8. The predicted octanol–water partition coefficient (Wildman–Crippen LogP) is 2.74. The molecular formula is C20H30N4O2. The highest BCUT2D eigenvalue weighted by Crippen LogP contribution is 2.25. The number of amides is 3. The molecule has 1 saturated carbocycles. The van der Waals surface area contributed by atoms with Crippen LogP contribution in [0.3, 0.4) is 0 Å². The number of nitrogens with zero attached hydrogens (tertiary/aromatic N) is 2. The van der Waals surface area contributed by atoms with Crippen LogP contribution >= 0.6 is 0 Å². The summed E-state index contributed by atoms with van der Waals surface area (Å²) in [4.78, 5) is 27.8. The molecule has 1 aliphatic carbocycles. The van der Waals surface area contributed by atoms with Crippen LogP contribution in [0.25, 0.3) is 0 Å². The predicted molar refractivity (Wildman–Crippen MR) is 105 cm³/mol. The number of benzene rings is 1. The molecule has 2 fully saturated rings. The number of nitrogens with one attached hydrogen (secondary N) is 2. The first-order chi connectivity index (χ1) is 12.5. The highest BCUT2D eigenvalue weighted by molar-refractivity contribution is 5.91. The highest BCUT2D eigenvalue weighted by atomic mass is 16.2. The van der Waals surface area contributed by atoms with Gasteiger partial charge in [0.05, 0.1) is 0 Å². The fourth-order valence-electron chi connectivity index (χ4n) is 3.32. The minimum atomic E-state index is -0.148. The van der Waals surface area contributed by atoms with E-state index in [1.807, 2.05) is 12.1 Å². The first-order valence-corrected chi connectivity index (χ1v) is 9.70. The maximum atomic E-state index is 12.0. The van der Waals surface area contributed by atoms with Gasteiger partial charge in [0.1, 0.15) is 0 Å². The molecule has 3 rings (SSSR count). The third kappa shape index (κ3) is 5.13. The van der Waals surface area contributed by atoms with Crippen LogP contribution in [0.1, 0.15) is 39.5 Å². The number of hydrogen-bond donors (Lipinski definition) is 2. The number of hydrogen-bond acceptors (Lipinski definition) is 3. The molecule has 6 nitrogen and oxygen atoms in total. The lowest BCUT2D eigenvalue weighted by atomic mass is 9.99. The second-order valence-corrected chi connectivity index (χ2v) is 7.53. The molecule has 1 aromatic rings. The lowest BCUT2D eigenvalue weighted by Crippen LogP contribution is -2.42. The maximum absolute atomic E-state index is 12.0. The molecule has 2 aliphatic rings. The van der Waals surface area contributed by atoms with Crippen molar-refractivity contribution >= 4 is 23.3 Å². The molecule has 0 bridgehead atoms. The van der Waals surface area contributed by atoms with Gasteiger partial charge in [-0.05, 0) is 55.9 Å². The number of carbonyl (C=O) groups is 2. The number of carbonyl (C=O) groups excluding carboxylic acids is 2. The summed E-state index contributed by atoms with van der Waals surface area (Å²) >= 11 is 0. The Labute approximate surface area is 155 Å². The van der Waals surface area contributed by atoms with Crippen LogP contribution in [0.15, 0.2) is 24.3 Å². The number of anilines is 2. The summed E-state index contributed by atoms with van der Waals surface area (Å²) in [6.07, 6.45) is 4.59. The summed E-state index contributed by atoms with van der Waals surface area (Å²) < 4.78 is 0. The van der Waals surface area contributed by atoms with Crippen molar-refractivity contribution < 1.29 is 9.59 Å². The SMILES string of the molecule is CC(=O)N(CCNC(=O)NC1CC1)c1ccc(N2CCC(C)CC2)cc1. The normalized spacial score (nSPS) is 17.7. The molecule has 1 heterocycles. The van der Waals surface area contributed by atoms with Crippen LogP contribution in [0.4, 0.5) is 16.2 Å². The van der Waals surface area contributed by atoms with Gasteiger partial charge in [0, 0.05) is 50.5 Å². The van der Waals surface area contributed by atoms with Gasteiger partial charge in [-0.1, -0.05) is 6.92 Å². The Bertz CT molecular complexity index is 619. The van der Waals surface area contributed by atoms with Crippen LogP contribution < -0.4 is 20.4 Å². The van der Waals surface area contributed by atoms with Gasteiger partial charge in [-0.25, -0.2) is 4.79 Å². The van der Waals surface area contributed by atoms with Crippen molar-refractivity contribution in [1.82, 2.24) is 10.6 Å². The standard InChI is InChI=1S/C20H30N4O2/c1-15-9-12-23(13-10-15)18-5-7-19(8-6-18)24(16(2)25)14-11-21-20(26)22-17-3-4-17/h5-8,15,17H,3-4,9-14H2,1-2H3,(H2,21,22,26). The van der Waals surface area contributed by atoms with Gasteiger partial charge in [0.2, 0.25) is 5.91 Å². The van der Waals surface area contributed by atoms with E-state index >= 15 is 0 Å². The highest BCUT2D eigenvalue weighted by Gasteiger charge is 2.23. The van der Waals surface area contributed by atoms with Crippen LogP contribution in [0.5, 0.6) is 0 Å². The fraction of sp³-hybridized carbons (Fsp3) is 0.600. The molecule has 0 atom stereocenters. The molecule has 1 saturated heterocycles. The Hall–Kier alpha value is -2.24. The van der Waals surface area contributed by atoms with E-state index < -0.39 is 0 Å². The monoisotopic (exact) mass is 358 g/mol. The molecule has 0 radical (unpaired) electrons. The van der Waals surface area contributed by atoms with Gasteiger partial charge in [0.25, 0.3) is 0 Å². The van der Waals surface area contributed by atoms with Crippen molar-refractivity contribution in [3.8, 4) is 0 Å². The summed E-state index contributed by atoms with van der Waals surface area (Å²) in [7, 11) is 0. The number of rotatable bonds is 6. The fourth-order valence-corrected chi connectivity index (χ4v) is 3.32. The minimum Gasteiger partial charge on any atom is -0.372 e. The molecule has 26 heavy (non-hydrogen) atoms. The van der Waals surface area contributed by atoms with Gasteiger partial charge in [-0.15, -0.1) is 0 Å². The molecule has 142 valence electrons. The van der Waals surface area contributed by atoms with E-state index in [0.29, 0.717) is 19.1 Å². The summed E-state index contributed by atoms with van der Waals surface area (Å²) in [5, 5.41) is 5.71. The molecule has 0 spiro atoms. The van der Waals surface area contributed by atoms with E-state index in [9.17, 15) is 9.59 Å². The van der Waals surface area contributed by atoms with Gasteiger partial charge >= 0.3 is 6.03 Å². The smallest absolute Gasteiger partial charge is 0.315 e. The minimum absolute atomic E-state index is 0.0195. The van der Waals surface area contributed by atoms with Crippen molar-refractivity contribution in [3.63, 3.8) is 0 Å². The molecular weight excluding hydrogens is 328 g/mol. The Morgan fingerprint density at radius 1 is 1.12 bits per heavy atom. The van der Waals surface area contributed by atoms with Gasteiger partial charge < -0.3 is 20.4 Å². The van der Waals surface area contributed by atoms with Crippen molar-refractivity contribution in [2.75, 3.05) is 36.0 Å². The van der Waals surface area contributed by atoms with Crippen molar-refractivity contribution in [1.29, 1.82) is 0 Å². The molecule has 3 amide bonds. The molecule has 1 aliphatic heterocycles. The topological polar surface area (TPSA) is 64.7 Å². The summed E-state index contributed by atoms with van der Waals surface area (Å²) in [5.74, 6) is 0.789. The average Bonchev–Trinajstić information content (AvgIpc) is 3.43. The van der Waals surface area contributed by atoms with Crippen molar-refractivity contribution in [3.05, 3.63) is 24.3 Å². The van der Waals surface area contributed by atoms with Crippen LogP contribution in [0, 0.1) is 5.92 Å². The van der Waals surface area contributed by atoms with Gasteiger partial charge in [-0.2, -0.15) is 0 Å². The van der Waals surface area contributed by atoms with E-state index in [1.165, 1.54) is 18.5 Å². The summed E-state index contributed by atoms with van der Waals surface area (Å²) in [5.41, 5.74) is 2.09. The van der Waals surface area contributed by atoms with Crippen LogP contribution in [0.2, 0.25) is 0 Å². The first-order valence-electron chi connectivity index (χ1n) is 9.70. The molecule has 1 aromatic carbocycles. The van der Waals surface area contributed by atoms with E-state index in [2.05, 4.69) is 34.6 Å². The van der Waals surface area contributed by atoms with Crippen molar-refractivity contribution in [2.45, 2.75) is 45.6 Å². The Morgan fingerprint density at radius 3 is 2.35 bits per heavy atom. The number of urea groups is 1. The van der Waals surface area contributed by atoms with E-state index in [4.69, 9.17) is 0 Å². The van der Waals surface area contributed by atoms with Crippen LogP contribution in [-0.2, 0) is 4.79 Å². The first kappa shape index (κ1) is 18.5. The Balaban J connectivity index is 1.53. The average molecular weight is 358 g/mol. The van der Waals surface area contributed by atoms with Crippen molar-refractivity contribution in [2.24, 2.45) is 5.92 Å². The third-order valence-corrected chi connectivity index (χ3v) is 5.22. The second kappa shape index (κ2) is 8.43. The third-order valence-electron chi connectivity index (χ3n) is 5.22. The van der Waals surface area contributed by atoms with E-state index in [0.717, 1.165) is 37.5 Å². The Kier molecular flexibility index (Phi) is 6.01. The molecule has 2 N–H and O–H groups in total. The second-order valence-electron chi connectivity index (χ2n) is 7.53. The summed E-state index contributed by atoms with van der Waals surface area (Å²) in [6.45, 7) is 6.96. The van der Waals surface area contributed by atoms with Crippen LogP contribution in [-0.4, -0.2) is 44.2 Å². The number of piperidine rings is 1. The largest absolute Gasteiger partial charge is 0.372 e. The lowest BCUT2D eigenvalue weighted by Gasteiger charge is -2.32. The lowest BCUT2D eigenvalue weighted by molar-refractivity contribution is -0.116. The van der Waals surface area contributed by atoms with Gasteiger partial charge in [-0.3, -0.25) is 4.79 Å². The van der Waals surface area contributed by atoms with E-state index in [-0.39, 0.29) is 11.9 Å².